The SMILES string of the molecule is [O-][n+]1ccc(SSc2ccncc2)cc1. The summed E-state index contributed by atoms with van der Waals surface area (Å²) >= 11 is 0. The molecule has 0 atom stereocenters. The fourth-order valence-corrected chi connectivity index (χ4v) is 2.85. The van der Waals surface area contributed by atoms with Gasteiger partial charge in [0.25, 0.3) is 0 Å². The molecule has 5 heteroatoms. The second-order valence-corrected chi connectivity index (χ2v) is 5.02. The fourth-order valence-electron chi connectivity index (χ4n) is 0.945. The van der Waals surface area contributed by atoms with Crippen LogP contribution in [-0.2, 0) is 0 Å². The first-order valence-corrected chi connectivity index (χ1v) is 6.43. The first-order valence-electron chi connectivity index (χ1n) is 4.28. The van der Waals surface area contributed by atoms with Gasteiger partial charge in [0.05, 0.1) is 0 Å². The average molecular weight is 236 g/mol. The van der Waals surface area contributed by atoms with Gasteiger partial charge < -0.3 is 5.21 Å². The Kier molecular flexibility index (Phi) is 3.47. The van der Waals surface area contributed by atoms with E-state index in [4.69, 9.17) is 0 Å². The number of nitrogens with zero attached hydrogens (tertiary/aromatic N) is 2. The topological polar surface area (TPSA) is 39.8 Å². The lowest BCUT2D eigenvalue weighted by Gasteiger charge is -2.00. The van der Waals surface area contributed by atoms with Gasteiger partial charge in [-0.2, -0.15) is 4.73 Å². The molecule has 2 aromatic rings. The van der Waals surface area contributed by atoms with E-state index in [1.165, 1.54) is 12.4 Å². The van der Waals surface area contributed by atoms with Crippen LogP contribution in [0, 0.1) is 5.21 Å². The van der Waals surface area contributed by atoms with Crippen molar-refractivity contribution in [1.82, 2.24) is 4.98 Å². The van der Waals surface area contributed by atoms with Crippen LogP contribution < -0.4 is 4.73 Å². The van der Waals surface area contributed by atoms with Crippen LogP contribution in [-0.4, -0.2) is 4.98 Å². The highest BCUT2D eigenvalue weighted by Crippen LogP contribution is 2.36. The van der Waals surface area contributed by atoms with Gasteiger partial charge in [0.15, 0.2) is 12.4 Å². The minimum Gasteiger partial charge on any atom is -0.619 e. The molecular weight excluding hydrogens is 228 g/mol. The van der Waals surface area contributed by atoms with Gasteiger partial charge in [0.1, 0.15) is 0 Å². The summed E-state index contributed by atoms with van der Waals surface area (Å²) in [5.41, 5.74) is 0. The molecule has 76 valence electrons. The van der Waals surface area contributed by atoms with Crippen LogP contribution in [0.25, 0.3) is 0 Å². The largest absolute Gasteiger partial charge is 0.619 e. The Labute approximate surface area is 95.5 Å². The Morgan fingerprint density at radius 3 is 2.07 bits per heavy atom. The lowest BCUT2D eigenvalue weighted by molar-refractivity contribution is -0.605. The molecule has 0 saturated heterocycles. The minimum atomic E-state index is 0.779. The van der Waals surface area contributed by atoms with E-state index in [0.717, 1.165) is 14.5 Å². The minimum absolute atomic E-state index is 0.779. The predicted molar refractivity (Wildman–Crippen MR) is 61.4 cm³/mol. The quantitative estimate of drug-likeness (QED) is 0.466. The van der Waals surface area contributed by atoms with Crippen LogP contribution in [0.4, 0.5) is 0 Å². The van der Waals surface area contributed by atoms with E-state index in [9.17, 15) is 5.21 Å². The van der Waals surface area contributed by atoms with Crippen molar-refractivity contribution in [3.05, 3.63) is 54.3 Å². The Hall–Kier alpha value is -1.20. The van der Waals surface area contributed by atoms with Crippen LogP contribution in [0.1, 0.15) is 0 Å². The van der Waals surface area contributed by atoms with E-state index in [2.05, 4.69) is 4.98 Å². The zero-order valence-corrected chi connectivity index (χ0v) is 9.37. The van der Waals surface area contributed by atoms with Gasteiger partial charge >= 0.3 is 0 Å². The molecule has 2 heterocycles. The maximum atomic E-state index is 10.8. The number of aromatic nitrogens is 2. The third-order valence-electron chi connectivity index (χ3n) is 1.66. The van der Waals surface area contributed by atoms with E-state index in [1.54, 1.807) is 46.1 Å². The molecular formula is C10H8N2OS2. The highest BCUT2D eigenvalue weighted by molar-refractivity contribution is 8.76. The van der Waals surface area contributed by atoms with Gasteiger partial charge in [-0.25, -0.2) is 0 Å². The predicted octanol–water partition coefficient (Wildman–Crippen LogP) is 2.51. The number of hydrogen-bond acceptors (Lipinski definition) is 4. The highest BCUT2D eigenvalue weighted by atomic mass is 33.1. The summed E-state index contributed by atoms with van der Waals surface area (Å²) in [5, 5.41) is 10.8. The second kappa shape index (κ2) is 5.04. The molecule has 0 amide bonds. The van der Waals surface area contributed by atoms with Gasteiger partial charge in [0, 0.05) is 34.3 Å². The van der Waals surface area contributed by atoms with Gasteiger partial charge in [-0.3, -0.25) is 4.98 Å². The number of hydrogen-bond donors (Lipinski definition) is 0. The first kappa shape index (κ1) is 10.3. The molecule has 0 aliphatic rings. The third kappa shape index (κ3) is 3.14. The van der Waals surface area contributed by atoms with Crippen LogP contribution in [0.3, 0.4) is 0 Å². The lowest BCUT2D eigenvalue weighted by atomic mass is 10.5. The second-order valence-electron chi connectivity index (χ2n) is 2.74. The smallest absolute Gasteiger partial charge is 0.181 e. The van der Waals surface area contributed by atoms with Crippen molar-refractivity contribution in [3.63, 3.8) is 0 Å². The summed E-state index contributed by atoms with van der Waals surface area (Å²) in [7, 11) is 3.26. The van der Waals surface area contributed by atoms with E-state index in [0.29, 0.717) is 0 Å². The van der Waals surface area contributed by atoms with Crippen molar-refractivity contribution >= 4 is 21.6 Å². The van der Waals surface area contributed by atoms with Crippen LogP contribution in [0.5, 0.6) is 0 Å². The molecule has 2 rings (SSSR count). The zero-order valence-electron chi connectivity index (χ0n) is 7.74. The molecule has 0 unspecified atom stereocenters. The average Bonchev–Trinajstić information content (AvgIpc) is 2.30. The van der Waals surface area contributed by atoms with Crippen LogP contribution in [0.15, 0.2) is 58.8 Å². The van der Waals surface area contributed by atoms with Crippen molar-refractivity contribution in [2.45, 2.75) is 9.79 Å². The van der Waals surface area contributed by atoms with Crippen LogP contribution >= 0.6 is 21.6 Å². The van der Waals surface area contributed by atoms with Gasteiger partial charge in [-0.05, 0) is 12.1 Å². The summed E-state index contributed by atoms with van der Waals surface area (Å²) in [4.78, 5) is 6.15. The molecule has 0 saturated carbocycles. The molecule has 0 aliphatic carbocycles. The summed E-state index contributed by atoms with van der Waals surface area (Å²) in [6.07, 6.45) is 6.52. The summed E-state index contributed by atoms with van der Waals surface area (Å²) < 4.78 is 0.779. The normalized spacial score (nSPS) is 10.1. The Morgan fingerprint density at radius 2 is 1.47 bits per heavy atom. The summed E-state index contributed by atoms with van der Waals surface area (Å²) in [5.74, 6) is 0. The highest BCUT2D eigenvalue weighted by Gasteiger charge is 1.98. The summed E-state index contributed by atoms with van der Waals surface area (Å²) in [6.45, 7) is 0. The van der Waals surface area contributed by atoms with Crippen molar-refractivity contribution in [2.24, 2.45) is 0 Å². The zero-order chi connectivity index (χ0) is 10.5. The maximum Gasteiger partial charge on any atom is 0.181 e. The fraction of sp³-hybridized carbons (Fsp3) is 0. The Morgan fingerprint density at radius 1 is 0.933 bits per heavy atom. The molecule has 0 spiro atoms. The first-order chi connectivity index (χ1) is 7.34. The molecule has 0 aliphatic heterocycles. The molecule has 0 N–H and O–H groups in total. The van der Waals surface area contributed by atoms with Crippen LogP contribution in [0.2, 0.25) is 0 Å². The van der Waals surface area contributed by atoms with Gasteiger partial charge in [-0.1, -0.05) is 21.6 Å². The Balaban J connectivity index is 1.96. The van der Waals surface area contributed by atoms with Crippen molar-refractivity contribution in [1.29, 1.82) is 0 Å². The van der Waals surface area contributed by atoms with E-state index in [-0.39, 0.29) is 0 Å². The van der Waals surface area contributed by atoms with Crippen molar-refractivity contribution in [3.8, 4) is 0 Å². The molecule has 3 nitrogen and oxygen atoms in total. The standard InChI is InChI=1S/C10H8N2OS2/c13-12-7-3-10(4-8-12)15-14-9-1-5-11-6-2-9/h1-8H. The number of pyridine rings is 2. The molecule has 0 fully saturated rings. The van der Waals surface area contributed by atoms with Crippen molar-refractivity contribution < 1.29 is 4.73 Å². The third-order valence-corrected chi connectivity index (χ3v) is 4.07. The molecule has 15 heavy (non-hydrogen) atoms. The molecule has 0 aromatic carbocycles. The maximum absolute atomic E-state index is 10.8. The van der Waals surface area contributed by atoms with E-state index in [1.807, 2.05) is 12.1 Å². The molecule has 2 aromatic heterocycles. The number of rotatable bonds is 3. The van der Waals surface area contributed by atoms with E-state index < -0.39 is 0 Å². The monoisotopic (exact) mass is 236 g/mol. The summed E-state index contributed by atoms with van der Waals surface area (Å²) in [6, 6.07) is 7.50. The van der Waals surface area contributed by atoms with Gasteiger partial charge in [0.2, 0.25) is 0 Å². The molecule has 0 radical (unpaired) electrons. The van der Waals surface area contributed by atoms with E-state index >= 15 is 0 Å². The Bertz CT molecular complexity index is 419. The van der Waals surface area contributed by atoms with Crippen molar-refractivity contribution in [2.75, 3.05) is 0 Å². The lowest BCUT2D eigenvalue weighted by Crippen LogP contribution is -2.23. The molecule has 0 bridgehead atoms. The van der Waals surface area contributed by atoms with Gasteiger partial charge in [-0.15, -0.1) is 0 Å².